The van der Waals surface area contributed by atoms with Crippen molar-refractivity contribution in [3.63, 3.8) is 0 Å². The van der Waals surface area contributed by atoms with Gasteiger partial charge in [0.15, 0.2) is 6.04 Å². The number of hydrogen-bond donors (Lipinski definition) is 1. The fraction of sp³-hybridized carbons (Fsp3) is 0.267. The topological polar surface area (TPSA) is 32.3 Å². The van der Waals surface area contributed by atoms with Gasteiger partial charge in [0.05, 0.1) is 0 Å². The number of halogens is 4. The van der Waals surface area contributed by atoms with Crippen LogP contribution in [0.4, 0.5) is 17.6 Å². The number of amides is 1. The number of fused-ring (bicyclic) bond motifs is 1. The summed E-state index contributed by atoms with van der Waals surface area (Å²) in [6.07, 6.45) is -4.75. The second-order valence-electron chi connectivity index (χ2n) is 5.11. The molecule has 0 bridgehead atoms. The van der Waals surface area contributed by atoms with Gasteiger partial charge in [0.2, 0.25) is 5.91 Å². The van der Waals surface area contributed by atoms with Crippen LogP contribution < -0.4 is 5.43 Å². The highest BCUT2D eigenvalue weighted by atomic mass is 19.4. The molecule has 0 radical (unpaired) electrons. The molecule has 1 aliphatic heterocycles. The Hall–Kier alpha value is -2.15. The first-order valence-electron chi connectivity index (χ1n) is 6.68. The van der Waals surface area contributed by atoms with Crippen molar-refractivity contribution in [1.82, 2.24) is 10.4 Å². The van der Waals surface area contributed by atoms with E-state index in [-0.39, 0.29) is 18.4 Å². The molecule has 1 saturated heterocycles. The van der Waals surface area contributed by atoms with Crippen molar-refractivity contribution in [3.05, 3.63) is 47.8 Å². The molecular weight excluding hydrogens is 300 g/mol. The predicted octanol–water partition coefficient (Wildman–Crippen LogP) is 3.32. The van der Waals surface area contributed by atoms with Crippen molar-refractivity contribution in [2.24, 2.45) is 0 Å². The molecule has 22 heavy (non-hydrogen) atoms. The number of hydrogen-bond acceptors (Lipinski definition) is 2. The standard InChI is InChI=1S/C15H12F4N2O/c16-13-10-4-2-1-3-9(10)5-6-11(13)14(15(17,18)19)21-8-7-12(22)20-21/h1-6,14H,7-8H2,(H,20,22)/t14-/m0/s1. The Bertz CT molecular complexity index is 729. The van der Waals surface area contributed by atoms with E-state index in [1.807, 2.05) is 0 Å². The van der Waals surface area contributed by atoms with E-state index >= 15 is 0 Å². The number of alkyl halides is 3. The van der Waals surface area contributed by atoms with E-state index < -0.39 is 29.5 Å². The van der Waals surface area contributed by atoms with E-state index in [4.69, 9.17) is 0 Å². The maximum absolute atomic E-state index is 14.6. The molecule has 1 atom stereocenters. The second kappa shape index (κ2) is 5.24. The Balaban J connectivity index is 2.12. The van der Waals surface area contributed by atoms with Gasteiger partial charge in [-0.25, -0.2) is 9.40 Å². The van der Waals surface area contributed by atoms with Gasteiger partial charge in [-0.05, 0) is 5.39 Å². The normalized spacial score (nSPS) is 17.7. The molecular formula is C15H12F4N2O. The number of hydrazine groups is 1. The highest BCUT2D eigenvalue weighted by Crippen LogP contribution is 2.40. The second-order valence-corrected chi connectivity index (χ2v) is 5.11. The molecule has 0 saturated carbocycles. The summed E-state index contributed by atoms with van der Waals surface area (Å²) < 4.78 is 54.8. The average molecular weight is 312 g/mol. The zero-order chi connectivity index (χ0) is 15.9. The maximum atomic E-state index is 14.6. The highest BCUT2D eigenvalue weighted by Gasteiger charge is 2.48. The van der Waals surface area contributed by atoms with Crippen molar-refractivity contribution in [3.8, 4) is 0 Å². The van der Waals surface area contributed by atoms with Crippen LogP contribution in [0.15, 0.2) is 36.4 Å². The van der Waals surface area contributed by atoms with E-state index in [1.165, 1.54) is 12.1 Å². The molecule has 116 valence electrons. The number of rotatable bonds is 2. The third kappa shape index (κ3) is 2.52. The van der Waals surface area contributed by atoms with Crippen LogP contribution in [-0.2, 0) is 4.79 Å². The largest absolute Gasteiger partial charge is 0.409 e. The lowest BCUT2D eigenvalue weighted by Crippen LogP contribution is -2.44. The summed E-state index contributed by atoms with van der Waals surface area (Å²) in [5, 5.41) is 1.39. The summed E-state index contributed by atoms with van der Waals surface area (Å²) in [5.41, 5.74) is 1.65. The number of nitrogens with zero attached hydrogens (tertiary/aromatic N) is 1. The number of carbonyl (C=O) groups excluding carboxylic acids is 1. The molecule has 0 aromatic heterocycles. The molecule has 1 heterocycles. The van der Waals surface area contributed by atoms with Gasteiger partial charge < -0.3 is 0 Å². The highest BCUT2D eigenvalue weighted by molar-refractivity contribution is 5.84. The quantitative estimate of drug-likeness (QED) is 0.863. The molecule has 3 rings (SSSR count). The predicted molar refractivity (Wildman–Crippen MR) is 72.2 cm³/mol. The molecule has 1 aliphatic rings. The number of benzene rings is 2. The molecule has 1 fully saturated rings. The smallest absolute Gasteiger partial charge is 0.288 e. The molecule has 2 aromatic rings. The molecule has 1 N–H and O–H groups in total. The van der Waals surface area contributed by atoms with Gasteiger partial charge in [0, 0.05) is 23.9 Å². The monoisotopic (exact) mass is 312 g/mol. The molecule has 0 unspecified atom stereocenters. The third-order valence-corrected chi connectivity index (χ3v) is 3.66. The lowest BCUT2D eigenvalue weighted by molar-refractivity contribution is -0.191. The minimum absolute atomic E-state index is 0.0399. The van der Waals surface area contributed by atoms with Crippen LogP contribution >= 0.6 is 0 Å². The summed E-state index contributed by atoms with van der Waals surface area (Å²) in [6.45, 7) is -0.116. The summed E-state index contributed by atoms with van der Waals surface area (Å²) in [6, 6.07) is 6.68. The van der Waals surface area contributed by atoms with Crippen LogP contribution in [0.3, 0.4) is 0 Å². The van der Waals surface area contributed by atoms with E-state index in [1.54, 1.807) is 18.2 Å². The third-order valence-electron chi connectivity index (χ3n) is 3.66. The van der Waals surface area contributed by atoms with E-state index in [0.717, 1.165) is 11.1 Å². The number of carbonyl (C=O) groups is 1. The Morgan fingerprint density at radius 1 is 1.14 bits per heavy atom. The van der Waals surface area contributed by atoms with Crippen LogP contribution in [0, 0.1) is 5.82 Å². The Kier molecular flexibility index (Phi) is 3.52. The maximum Gasteiger partial charge on any atom is 0.409 e. The lowest BCUT2D eigenvalue weighted by atomic mass is 10.00. The fourth-order valence-corrected chi connectivity index (χ4v) is 2.67. The molecule has 2 aromatic carbocycles. The van der Waals surface area contributed by atoms with Gasteiger partial charge >= 0.3 is 6.18 Å². The number of nitrogens with one attached hydrogen (secondary N) is 1. The van der Waals surface area contributed by atoms with Crippen molar-refractivity contribution in [2.75, 3.05) is 6.54 Å². The van der Waals surface area contributed by atoms with Gasteiger partial charge in [-0.2, -0.15) is 13.2 Å². The van der Waals surface area contributed by atoms with Gasteiger partial charge in [0.1, 0.15) is 5.82 Å². The van der Waals surface area contributed by atoms with Crippen LogP contribution in [-0.4, -0.2) is 23.6 Å². The fourth-order valence-electron chi connectivity index (χ4n) is 2.67. The lowest BCUT2D eigenvalue weighted by Gasteiger charge is -2.29. The van der Waals surface area contributed by atoms with E-state index in [2.05, 4.69) is 5.43 Å². The zero-order valence-corrected chi connectivity index (χ0v) is 11.3. The summed E-state index contributed by atoms with van der Waals surface area (Å²) in [7, 11) is 0. The van der Waals surface area contributed by atoms with E-state index in [9.17, 15) is 22.4 Å². The minimum atomic E-state index is -4.71. The molecule has 1 amide bonds. The molecule has 3 nitrogen and oxygen atoms in total. The van der Waals surface area contributed by atoms with Crippen LogP contribution in [0.2, 0.25) is 0 Å². The Labute approximate surface area is 123 Å². The van der Waals surface area contributed by atoms with Crippen molar-refractivity contribution in [2.45, 2.75) is 18.6 Å². The Morgan fingerprint density at radius 2 is 1.86 bits per heavy atom. The first-order chi connectivity index (χ1) is 10.4. The van der Waals surface area contributed by atoms with Gasteiger partial charge in [0.25, 0.3) is 0 Å². The zero-order valence-electron chi connectivity index (χ0n) is 11.3. The van der Waals surface area contributed by atoms with Crippen molar-refractivity contribution < 1.29 is 22.4 Å². The van der Waals surface area contributed by atoms with Gasteiger partial charge in [-0.3, -0.25) is 10.2 Å². The van der Waals surface area contributed by atoms with Gasteiger partial charge in [-0.1, -0.05) is 36.4 Å². The molecule has 7 heteroatoms. The van der Waals surface area contributed by atoms with Crippen LogP contribution in [0.5, 0.6) is 0 Å². The summed E-state index contributed by atoms with van der Waals surface area (Å²) in [5.74, 6) is -1.42. The van der Waals surface area contributed by atoms with Gasteiger partial charge in [-0.15, -0.1) is 0 Å². The van der Waals surface area contributed by atoms with E-state index in [0.29, 0.717) is 5.39 Å². The van der Waals surface area contributed by atoms with Crippen molar-refractivity contribution in [1.29, 1.82) is 0 Å². The Morgan fingerprint density at radius 3 is 2.50 bits per heavy atom. The van der Waals surface area contributed by atoms with Crippen LogP contribution in [0.1, 0.15) is 18.0 Å². The molecule has 0 aliphatic carbocycles. The summed E-state index contributed by atoms with van der Waals surface area (Å²) >= 11 is 0. The first kappa shape index (κ1) is 14.8. The SMILES string of the molecule is O=C1CCN([C@@H](c2ccc3ccccc3c2F)C(F)(F)F)N1. The molecule has 0 spiro atoms. The first-order valence-corrected chi connectivity index (χ1v) is 6.68. The van der Waals surface area contributed by atoms with Crippen molar-refractivity contribution >= 4 is 16.7 Å². The average Bonchev–Trinajstić information content (AvgIpc) is 2.87. The van der Waals surface area contributed by atoms with Crippen LogP contribution in [0.25, 0.3) is 10.8 Å². The summed E-state index contributed by atoms with van der Waals surface area (Å²) in [4.78, 5) is 11.2. The minimum Gasteiger partial charge on any atom is -0.288 e.